The number of benzene rings is 1. The predicted molar refractivity (Wildman–Crippen MR) is 74.3 cm³/mol. The molecule has 0 saturated carbocycles. The van der Waals surface area contributed by atoms with Gasteiger partial charge in [0.25, 0.3) is 0 Å². The molecule has 92 valence electrons. The second-order valence-electron chi connectivity index (χ2n) is 5.20. The first-order chi connectivity index (χ1) is 8.06. The van der Waals surface area contributed by atoms with E-state index in [2.05, 4.69) is 55.9 Å². The third kappa shape index (κ3) is 2.89. The molecule has 17 heavy (non-hydrogen) atoms. The van der Waals surface area contributed by atoms with Gasteiger partial charge in [0.1, 0.15) is 0 Å². The van der Waals surface area contributed by atoms with Crippen LogP contribution in [0.2, 0.25) is 0 Å². The molecule has 2 rings (SSSR count). The molecule has 1 aromatic rings. The molecule has 2 heteroatoms. The number of likely N-dealkylation sites (tertiary alicyclic amines) is 1. The topological polar surface area (TPSA) is 15.3 Å². The van der Waals surface area contributed by atoms with Gasteiger partial charge in [0.2, 0.25) is 0 Å². The van der Waals surface area contributed by atoms with Crippen LogP contribution >= 0.6 is 0 Å². The molecule has 0 amide bonds. The highest BCUT2D eigenvalue weighted by atomic mass is 15.1. The number of nitrogens with one attached hydrogen (secondary N) is 1. The molecule has 1 heterocycles. The van der Waals surface area contributed by atoms with Crippen LogP contribution in [0.3, 0.4) is 0 Å². The molecule has 1 aliphatic heterocycles. The van der Waals surface area contributed by atoms with Gasteiger partial charge in [-0.05, 0) is 57.1 Å². The Bertz CT molecular complexity index is 423. The Kier molecular flexibility index (Phi) is 3.53. The molecule has 0 radical (unpaired) electrons. The molecule has 0 spiro atoms. The Labute approximate surface area is 104 Å². The van der Waals surface area contributed by atoms with Gasteiger partial charge in [0.05, 0.1) is 0 Å². The SMILES string of the molecule is C=C(Nc1ccc(C)c(C)c1)C1CCN(C)C1. The molecule has 0 bridgehead atoms. The van der Waals surface area contributed by atoms with Crippen molar-refractivity contribution in [3.05, 3.63) is 41.6 Å². The molecule has 1 aliphatic rings. The lowest BCUT2D eigenvalue weighted by Gasteiger charge is -2.16. The van der Waals surface area contributed by atoms with E-state index in [9.17, 15) is 0 Å². The van der Waals surface area contributed by atoms with Gasteiger partial charge < -0.3 is 10.2 Å². The number of rotatable bonds is 3. The van der Waals surface area contributed by atoms with E-state index in [4.69, 9.17) is 0 Å². The average molecular weight is 230 g/mol. The van der Waals surface area contributed by atoms with Crippen LogP contribution in [0.25, 0.3) is 0 Å². The molecule has 0 aliphatic carbocycles. The van der Waals surface area contributed by atoms with Crippen molar-refractivity contribution in [2.24, 2.45) is 5.92 Å². The van der Waals surface area contributed by atoms with E-state index < -0.39 is 0 Å². The smallest absolute Gasteiger partial charge is 0.0384 e. The lowest BCUT2D eigenvalue weighted by molar-refractivity contribution is 0.406. The number of anilines is 1. The summed E-state index contributed by atoms with van der Waals surface area (Å²) < 4.78 is 0. The van der Waals surface area contributed by atoms with Crippen LogP contribution in [0.5, 0.6) is 0 Å². The fraction of sp³-hybridized carbons (Fsp3) is 0.467. The van der Waals surface area contributed by atoms with Crippen LogP contribution in [0, 0.1) is 19.8 Å². The molecule has 1 fully saturated rings. The molecule has 0 aromatic heterocycles. The maximum absolute atomic E-state index is 4.18. The van der Waals surface area contributed by atoms with Crippen molar-refractivity contribution in [1.82, 2.24) is 4.90 Å². The number of hydrogen-bond donors (Lipinski definition) is 1. The van der Waals surface area contributed by atoms with Gasteiger partial charge in [-0.1, -0.05) is 12.6 Å². The van der Waals surface area contributed by atoms with Gasteiger partial charge >= 0.3 is 0 Å². The minimum Gasteiger partial charge on any atom is -0.359 e. The van der Waals surface area contributed by atoms with Gasteiger partial charge in [-0.25, -0.2) is 0 Å². The van der Waals surface area contributed by atoms with Crippen LogP contribution in [0.1, 0.15) is 17.5 Å². The molecule has 1 aromatic carbocycles. The summed E-state index contributed by atoms with van der Waals surface area (Å²) in [5, 5.41) is 3.45. The van der Waals surface area contributed by atoms with E-state index in [0.717, 1.165) is 17.9 Å². The fourth-order valence-corrected chi connectivity index (χ4v) is 2.33. The van der Waals surface area contributed by atoms with Crippen molar-refractivity contribution < 1.29 is 0 Å². The van der Waals surface area contributed by atoms with Crippen molar-refractivity contribution in [1.29, 1.82) is 0 Å². The summed E-state index contributed by atoms with van der Waals surface area (Å²) in [4.78, 5) is 2.36. The number of aryl methyl sites for hydroxylation is 2. The molecular weight excluding hydrogens is 208 g/mol. The molecule has 1 N–H and O–H groups in total. The lowest BCUT2D eigenvalue weighted by atomic mass is 10.0. The van der Waals surface area contributed by atoms with Crippen molar-refractivity contribution in [2.75, 3.05) is 25.5 Å². The first kappa shape index (κ1) is 12.2. The van der Waals surface area contributed by atoms with Crippen LogP contribution < -0.4 is 5.32 Å². The van der Waals surface area contributed by atoms with Gasteiger partial charge in [-0.3, -0.25) is 0 Å². The summed E-state index contributed by atoms with van der Waals surface area (Å²) in [6.07, 6.45) is 1.22. The Morgan fingerprint density at radius 3 is 2.71 bits per heavy atom. The van der Waals surface area contributed by atoms with Gasteiger partial charge in [-0.15, -0.1) is 0 Å². The van der Waals surface area contributed by atoms with Gasteiger partial charge in [0, 0.05) is 23.8 Å². The minimum atomic E-state index is 0.585. The summed E-state index contributed by atoms with van der Waals surface area (Å²) in [6.45, 7) is 10.8. The first-order valence-electron chi connectivity index (χ1n) is 6.28. The molecule has 2 nitrogen and oxygen atoms in total. The maximum Gasteiger partial charge on any atom is 0.0384 e. The fourth-order valence-electron chi connectivity index (χ4n) is 2.33. The van der Waals surface area contributed by atoms with Crippen LogP contribution in [0.15, 0.2) is 30.5 Å². The lowest BCUT2D eigenvalue weighted by Crippen LogP contribution is -2.17. The number of hydrogen-bond acceptors (Lipinski definition) is 2. The summed E-state index contributed by atoms with van der Waals surface area (Å²) in [5.41, 5.74) is 4.97. The minimum absolute atomic E-state index is 0.585. The van der Waals surface area contributed by atoms with Gasteiger partial charge in [0.15, 0.2) is 0 Å². The summed E-state index contributed by atoms with van der Waals surface area (Å²) >= 11 is 0. The van der Waals surface area contributed by atoms with Crippen molar-refractivity contribution in [3.8, 4) is 0 Å². The van der Waals surface area contributed by atoms with E-state index in [1.807, 2.05) is 0 Å². The van der Waals surface area contributed by atoms with E-state index in [1.54, 1.807) is 0 Å². The highest BCUT2D eigenvalue weighted by molar-refractivity contribution is 5.51. The van der Waals surface area contributed by atoms with Crippen molar-refractivity contribution in [3.63, 3.8) is 0 Å². The van der Waals surface area contributed by atoms with E-state index in [-0.39, 0.29) is 0 Å². The highest BCUT2D eigenvalue weighted by Crippen LogP contribution is 2.24. The van der Waals surface area contributed by atoms with Crippen LogP contribution in [-0.4, -0.2) is 25.0 Å². The highest BCUT2D eigenvalue weighted by Gasteiger charge is 2.21. The van der Waals surface area contributed by atoms with Crippen LogP contribution in [0.4, 0.5) is 5.69 Å². The third-order valence-electron chi connectivity index (χ3n) is 3.70. The van der Waals surface area contributed by atoms with Crippen molar-refractivity contribution >= 4 is 5.69 Å². The van der Waals surface area contributed by atoms with E-state index in [1.165, 1.54) is 24.1 Å². The zero-order chi connectivity index (χ0) is 12.4. The largest absolute Gasteiger partial charge is 0.359 e. The molecule has 1 unspecified atom stereocenters. The zero-order valence-corrected chi connectivity index (χ0v) is 11.1. The maximum atomic E-state index is 4.18. The predicted octanol–water partition coefficient (Wildman–Crippen LogP) is 3.18. The Morgan fingerprint density at radius 1 is 1.35 bits per heavy atom. The Balaban J connectivity index is 2.00. The molecular formula is C15H22N2. The van der Waals surface area contributed by atoms with E-state index >= 15 is 0 Å². The number of nitrogens with zero attached hydrogens (tertiary/aromatic N) is 1. The molecule has 1 atom stereocenters. The average Bonchev–Trinajstić information content (AvgIpc) is 2.70. The Morgan fingerprint density at radius 2 is 2.12 bits per heavy atom. The zero-order valence-electron chi connectivity index (χ0n) is 11.1. The standard InChI is InChI=1S/C15H22N2/c1-11-5-6-15(9-12(11)2)16-13(3)14-7-8-17(4)10-14/h5-6,9,14,16H,3,7-8,10H2,1-2,4H3. The monoisotopic (exact) mass is 230 g/mol. The van der Waals surface area contributed by atoms with Gasteiger partial charge in [-0.2, -0.15) is 0 Å². The van der Waals surface area contributed by atoms with Crippen LogP contribution in [-0.2, 0) is 0 Å². The van der Waals surface area contributed by atoms with E-state index in [0.29, 0.717) is 5.92 Å². The van der Waals surface area contributed by atoms with Crippen molar-refractivity contribution in [2.45, 2.75) is 20.3 Å². The third-order valence-corrected chi connectivity index (χ3v) is 3.70. The Hall–Kier alpha value is -1.28. The summed E-state index contributed by atoms with van der Waals surface area (Å²) in [6, 6.07) is 6.48. The first-order valence-corrected chi connectivity index (χ1v) is 6.28. The molecule has 1 saturated heterocycles. The summed E-state index contributed by atoms with van der Waals surface area (Å²) in [7, 11) is 2.17. The second kappa shape index (κ2) is 4.92. The quantitative estimate of drug-likeness (QED) is 0.858. The summed E-state index contributed by atoms with van der Waals surface area (Å²) in [5.74, 6) is 0.585. The second-order valence-corrected chi connectivity index (χ2v) is 5.20. The normalized spacial score (nSPS) is 20.5.